The maximum Gasteiger partial charge on any atom is 0.193 e. The lowest BCUT2D eigenvalue weighted by molar-refractivity contribution is 0.253. The van der Waals surface area contributed by atoms with Crippen molar-refractivity contribution in [2.24, 2.45) is 10.7 Å². The number of anilines is 2. The zero-order valence-electron chi connectivity index (χ0n) is 17.6. The molecule has 2 aromatic carbocycles. The van der Waals surface area contributed by atoms with Gasteiger partial charge >= 0.3 is 0 Å². The number of piperazine rings is 1. The Labute approximate surface area is 174 Å². The van der Waals surface area contributed by atoms with E-state index in [1.807, 2.05) is 24.3 Å². The molecule has 29 heavy (non-hydrogen) atoms. The molecule has 0 unspecified atom stereocenters. The first kappa shape index (κ1) is 21.0. The van der Waals surface area contributed by atoms with E-state index in [0.29, 0.717) is 5.96 Å². The van der Waals surface area contributed by atoms with Crippen molar-refractivity contribution < 1.29 is 4.74 Å². The number of benzene rings is 2. The second-order valence-corrected chi connectivity index (χ2v) is 7.50. The van der Waals surface area contributed by atoms with Crippen LogP contribution in [0.2, 0.25) is 0 Å². The number of guanidine groups is 1. The molecule has 156 valence electrons. The van der Waals surface area contributed by atoms with E-state index in [1.54, 1.807) is 7.11 Å². The molecule has 0 bridgehead atoms. The molecular formula is C23H33N5O. The Kier molecular flexibility index (Phi) is 7.76. The third kappa shape index (κ3) is 6.68. The maximum atomic E-state index is 5.99. The van der Waals surface area contributed by atoms with Crippen molar-refractivity contribution in [2.45, 2.75) is 19.8 Å². The van der Waals surface area contributed by atoms with E-state index in [0.717, 1.165) is 63.5 Å². The van der Waals surface area contributed by atoms with Crippen LogP contribution in [0, 0.1) is 6.92 Å². The van der Waals surface area contributed by atoms with Gasteiger partial charge in [-0.1, -0.05) is 18.2 Å². The number of ether oxygens (including phenoxy) is 1. The summed E-state index contributed by atoms with van der Waals surface area (Å²) in [5.74, 6) is 1.25. The molecule has 0 spiro atoms. The molecular weight excluding hydrogens is 362 g/mol. The third-order valence-corrected chi connectivity index (χ3v) is 5.25. The van der Waals surface area contributed by atoms with Crippen molar-refractivity contribution in [1.82, 2.24) is 4.90 Å². The minimum atomic E-state index is 0.449. The van der Waals surface area contributed by atoms with Crippen LogP contribution in [0.25, 0.3) is 0 Å². The van der Waals surface area contributed by atoms with Gasteiger partial charge < -0.3 is 20.7 Å². The van der Waals surface area contributed by atoms with E-state index in [4.69, 9.17) is 10.5 Å². The summed E-state index contributed by atoms with van der Waals surface area (Å²) in [5, 5.41) is 3.11. The standard InChI is InChI=1S/C23H33N5O/c1-19-7-5-9-21(17-19)28-15-13-27(14-16-28)12-4-3-11-25-23(24)26-20-8-6-10-22(18-20)29-2/h5-10,17-18H,3-4,11-16H2,1-2H3,(H3,24,25,26). The van der Waals surface area contributed by atoms with Crippen molar-refractivity contribution in [1.29, 1.82) is 0 Å². The van der Waals surface area contributed by atoms with Gasteiger partial charge in [0.2, 0.25) is 0 Å². The molecule has 6 heteroatoms. The van der Waals surface area contributed by atoms with E-state index >= 15 is 0 Å². The number of methoxy groups -OCH3 is 1. The summed E-state index contributed by atoms with van der Waals surface area (Å²) >= 11 is 0. The molecule has 6 nitrogen and oxygen atoms in total. The van der Waals surface area contributed by atoms with Gasteiger partial charge in [0, 0.05) is 50.2 Å². The Balaban J connectivity index is 1.32. The van der Waals surface area contributed by atoms with Crippen molar-refractivity contribution >= 4 is 17.3 Å². The van der Waals surface area contributed by atoms with Crippen LogP contribution >= 0.6 is 0 Å². The predicted octanol–water partition coefficient (Wildman–Crippen LogP) is 3.33. The van der Waals surface area contributed by atoms with Crippen molar-refractivity contribution in [3.63, 3.8) is 0 Å². The summed E-state index contributed by atoms with van der Waals surface area (Å²) in [6.45, 7) is 8.46. The lowest BCUT2D eigenvalue weighted by Gasteiger charge is -2.36. The molecule has 0 amide bonds. The highest BCUT2D eigenvalue weighted by Crippen LogP contribution is 2.18. The molecule has 1 heterocycles. The van der Waals surface area contributed by atoms with E-state index in [-0.39, 0.29) is 0 Å². The number of hydrogen-bond donors (Lipinski definition) is 2. The van der Waals surface area contributed by atoms with Crippen molar-refractivity contribution in [3.05, 3.63) is 54.1 Å². The summed E-state index contributed by atoms with van der Waals surface area (Å²) in [4.78, 5) is 9.47. The minimum absolute atomic E-state index is 0.449. The Morgan fingerprint density at radius 1 is 1.07 bits per heavy atom. The molecule has 1 aliphatic heterocycles. The van der Waals surface area contributed by atoms with E-state index in [1.165, 1.54) is 11.3 Å². The molecule has 3 rings (SSSR count). The van der Waals surface area contributed by atoms with Gasteiger partial charge in [-0.2, -0.15) is 0 Å². The van der Waals surface area contributed by atoms with Gasteiger partial charge in [-0.15, -0.1) is 0 Å². The average molecular weight is 396 g/mol. The second kappa shape index (κ2) is 10.7. The van der Waals surface area contributed by atoms with Crippen LogP contribution in [-0.4, -0.2) is 57.2 Å². The third-order valence-electron chi connectivity index (χ3n) is 5.25. The number of nitrogens with zero attached hydrogens (tertiary/aromatic N) is 3. The van der Waals surface area contributed by atoms with Crippen LogP contribution in [0.3, 0.4) is 0 Å². The molecule has 0 atom stereocenters. The van der Waals surface area contributed by atoms with Crippen LogP contribution < -0.4 is 20.7 Å². The topological polar surface area (TPSA) is 66.1 Å². The number of aliphatic imine (C=N–C) groups is 1. The molecule has 0 saturated carbocycles. The molecule has 2 aromatic rings. The largest absolute Gasteiger partial charge is 0.497 e. The summed E-state index contributed by atoms with van der Waals surface area (Å²) in [5.41, 5.74) is 9.54. The molecule has 0 aliphatic carbocycles. The Morgan fingerprint density at radius 2 is 1.86 bits per heavy atom. The maximum absolute atomic E-state index is 5.99. The Hall–Kier alpha value is -2.73. The predicted molar refractivity (Wildman–Crippen MR) is 122 cm³/mol. The van der Waals surface area contributed by atoms with E-state index < -0.39 is 0 Å². The molecule has 1 saturated heterocycles. The molecule has 0 radical (unpaired) electrons. The molecule has 1 aliphatic rings. The van der Waals surface area contributed by atoms with Gasteiger partial charge in [0.1, 0.15) is 5.75 Å². The fraction of sp³-hybridized carbons (Fsp3) is 0.435. The lowest BCUT2D eigenvalue weighted by atomic mass is 10.2. The highest BCUT2D eigenvalue weighted by atomic mass is 16.5. The van der Waals surface area contributed by atoms with Crippen molar-refractivity contribution in [2.75, 3.05) is 56.6 Å². The highest BCUT2D eigenvalue weighted by Gasteiger charge is 2.16. The first-order valence-electron chi connectivity index (χ1n) is 10.4. The van der Waals surface area contributed by atoms with Crippen LogP contribution in [0.5, 0.6) is 5.75 Å². The molecule has 3 N–H and O–H groups in total. The van der Waals surface area contributed by atoms with Gasteiger partial charge in [-0.25, -0.2) is 0 Å². The molecule has 0 aromatic heterocycles. The van der Waals surface area contributed by atoms with Crippen LogP contribution in [0.15, 0.2) is 53.5 Å². The zero-order chi connectivity index (χ0) is 20.5. The van der Waals surface area contributed by atoms with Crippen molar-refractivity contribution in [3.8, 4) is 5.75 Å². The van der Waals surface area contributed by atoms with Crippen LogP contribution in [0.1, 0.15) is 18.4 Å². The van der Waals surface area contributed by atoms with Gasteiger partial charge in [-0.05, 0) is 56.1 Å². The first-order valence-corrected chi connectivity index (χ1v) is 10.4. The number of hydrogen-bond acceptors (Lipinski definition) is 4. The van der Waals surface area contributed by atoms with Gasteiger partial charge in [0.15, 0.2) is 5.96 Å². The van der Waals surface area contributed by atoms with Gasteiger partial charge in [-0.3, -0.25) is 9.89 Å². The van der Waals surface area contributed by atoms with E-state index in [9.17, 15) is 0 Å². The normalized spacial score (nSPS) is 15.4. The Morgan fingerprint density at radius 3 is 2.62 bits per heavy atom. The number of aryl methyl sites for hydroxylation is 1. The Bertz CT molecular complexity index is 799. The first-order chi connectivity index (χ1) is 14.1. The highest BCUT2D eigenvalue weighted by molar-refractivity contribution is 5.92. The molecule has 1 fully saturated rings. The number of rotatable bonds is 8. The second-order valence-electron chi connectivity index (χ2n) is 7.50. The number of nitrogens with one attached hydrogen (secondary N) is 1. The average Bonchev–Trinajstić information content (AvgIpc) is 2.74. The minimum Gasteiger partial charge on any atom is -0.497 e. The fourth-order valence-electron chi connectivity index (χ4n) is 3.59. The van der Waals surface area contributed by atoms with Crippen LogP contribution in [-0.2, 0) is 0 Å². The summed E-state index contributed by atoms with van der Waals surface area (Å²) in [6.07, 6.45) is 2.18. The summed E-state index contributed by atoms with van der Waals surface area (Å²) < 4.78 is 5.22. The van der Waals surface area contributed by atoms with Gasteiger partial charge in [0.05, 0.1) is 7.11 Å². The quantitative estimate of drug-likeness (QED) is 0.408. The lowest BCUT2D eigenvalue weighted by Crippen LogP contribution is -2.46. The smallest absolute Gasteiger partial charge is 0.193 e. The number of nitrogens with two attached hydrogens (primary N) is 1. The van der Waals surface area contributed by atoms with E-state index in [2.05, 4.69) is 51.3 Å². The monoisotopic (exact) mass is 395 g/mol. The van der Waals surface area contributed by atoms with Gasteiger partial charge in [0.25, 0.3) is 0 Å². The summed E-state index contributed by atoms with van der Waals surface area (Å²) in [6, 6.07) is 16.5. The zero-order valence-corrected chi connectivity index (χ0v) is 17.6. The fourth-order valence-corrected chi connectivity index (χ4v) is 3.59. The van der Waals surface area contributed by atoms with Crippen LogP contribution in [0.4, 0.5) is 11.4 Å². The number of unbranched alkanes of at least 4 members (excludes halogenated alkanes) is 1. The summed E-state index contributed by atoms with van der Waals surface area (Å²) in [7, 11) is 1.65. The SMILES string of the molecule is COc1cccc(NC(N)=NCCCCN2CCN(c3cccc(C)c3)CC2)c1.